The summed E-state index contributed by atoms with van der Waals surface area (Å²) in [5.41, 5.74) is 2.98. The lowest BCUT2D eigenvalue weighted by molar-refractivity contribution is -0.132. The number of ketones is 1. The number of nitrogens with zero attached hydrogens (tertiary/aromatic N) is 2. The number of carbonyl (C=O) groups is 2. The molecule has 6 nitrogen and oxygen atoms in total. The second-order valence-corrected chi connectivity index (χ2v) is 10.4. The number of hydrogen-bond donors (Lipinski definition) is 1. The van der Waals surface area contributed by atoms with Gasteiger partial charge in [-0.05, 0) is 84.0 Å². The maximum absolute atomic E-state index is 13.4. The number of aromatic nitrogens is 1. The lowest BCUT2D eigenvalue weighted by atomic mass is 9.95. The molecule has 5 rings (SSSR count). The molecule has 0 saturated carbocycles. The summed E-state index contributed by atoms with van der Waals surface area (Å²) in [6.07, 6.45) is 0. The number of thiazole rings is 1. The van der Waals surface area contributed by atoms with Crippen LogP contribution < -0.4 is 9.64 Å². The predicted octanol–water partition coefficient (Wildman–Crippen LogP) is 6.23. The molecular formula is C27H21IN2O4S. The zero-order chi connectivity index (χ0) is 24.7. The number of anilines is 1. The van der Waals surface area contributed by atoms with Gasteiger partial charge in [0, 0.05) is 9.13 Å². The Labute approximate surface area is 220 Å². The average molecular weight is 596 g/mol. The fourth-order valence-corrected chi connectivity index (χ4v) is 5.62. The lowest BCUT2D eigenvalue weighted by Crippen LogP contribution is -2.29. The second kappa shape index (κ2) is 9.43. The molecule has 8 heteroatoms. The molecule has 0 spiro atoms. The minimum atomic E-state index is -0.815. The number of aliphatic hydroxyl groups is 1. The minimum absolute atomic E-state index is 0.0280. The molecule has 3 aromatic carbocycles. The fraction of sp³-hybridized carbons (Fsp3) is 0.148. The van der Waals surface area contributed by atoms with Crippen LogP contribution in [0.2, 0.25) is 0 Å². The van der Waals surface area contributed by atoms with Gasteiger partial charge in [0.2, 0.25) is 0 Å². The van der Waals surface area contributed by atoms with Gasteiger partial charge in [-0.15, -0.1) is 0 Å². The van der Waals surface area contributed by atoms with E-state index in [1.807, 2.05) is 56.3 Å². The van der Waals surface area contributed by atoms with Crippen molar-refractivity contribution in [2.45, 2.75) is 19.9 Å². The van der Waals surface area contributed by atoms with Crippen molar-refractivity contribution in [2.24, 2.45) is 0 Å². The van der Waals surface area contributed by atoms with E-state index in [0.29, 0.717) is 28.6 Å². The zero-order valence-electron chi connectivity index (χ0n) is 19.0. The van der Waals surface area contributed by atoms with Crippen molar-refractivity contribution in [3.05, 3.63) is 92.6 Å². The van der Waals surface area contributed by atoms with Crippen molar-refractivity contribution in [1.29, 1.82) is 0 Å². The maximum atomic E-state index is 13.4. The van der Waals surface area contributed by atoms with Gasteiger partial charge in [0.1, 0.15) is 11.5 Å². The van der Waals surface area contributed by atoms with Crippen LogP contribution in [-0.4, -0.2) is 28.4 Å². The first-order valence-electron chi connectivity index (χ1n) is 11.0. The van der Waals surface area contributed by atoms with Gasteiger partial charge in [-0.2, -0.15) is 0 Å². The molecule has 1 aliphatic heterocycles. The van der Waals surface area contributed by atoms with Crippen LogP contribution in [0.4, 0.5) is 5.13 Å². The highest BCUT2D eigenvalue weighted by atomic mass is 127. The molecule has 4 aromatic rings. The Bertz CT molecular complexity index is 1490. The molecule has 1 fully saturated rings. The number of fused-ring (bicyclic) bond motifs is 1. The van der Waals surface area contributed by atoms with E-state index in [4.69, 9.17) is 4.74 Å². The van der Waals surface area contributed by atoms with E-state index in [2.05, 4.69) is 27.6 Å². The van der Waals surface area contributed by atoms with Crippen LogP contribution in [-0.2, 0) is 9.59 Å². The van der Waals surface area contributed by atoms with Crippen LogP contribution in [0.25, 0.3) is 16.0 Å². The van der Waals surface area contributed by atoms with Crippen LogP contribution in [0, 0.1) is 10.5 Å². The van der Waals surface area contributed by atoms with Gasteiger partial charge in [-0.25, -0.2) is 4.98 Å². The van der Waals surface area contributed by atoms with Gasteiger partial charge in [0.05, 0.1) is 28.4 Å². The van der Waals surface area contributed by atoms with Gasteiger partial charge < -0.3 is 9.84 Å². The average Bonchev–Trinajstić information content (AvgIpc) is 3.37. The predicted molar refractivity (Wildman–Crippen MR) is 146 cm³/mol. The summed E-state index contributed by atoms with van der Waals surface area (Å²) in [6.45, 7) is 4.33. The first kappa shape index (κ1) is 23.5. The summed E-state index contributed by atoms with van der Waals surface area (Å²) in [5.74, 6) is -1.14. The SMILES string of the molecule is CCOc1cccc(/C(O)=C2\C(=O)C(=O)N(c3nc4ccc(C)cc4s3)C2c2ccc(I)cc2)c1. The Morgan fingerprint density at radius 3 is 2.63 bits per heavy atom. The highest BCUT2D eigenvalue weighted by molar-refractivity contribution is 14.1. The van der Waals surface area contributed by atoms with Gasteiger partial charge in [-0.3, -0.25) is 14.5 Å². The number of carbonyl (C=O) groups excluding carboxylic acids is 2. The monoisotopic (exact) mass is 596 g/mol. The lowest BCUT2D eigenvalue weighted by Gasteiger charge is -2.23. The number of benzene rings is 3. The van der Waals surface area contributed by atoms with E-state index in [-0.39, 0.29) is 11.3 Å². The van der Waals surface area contributed by atoms with E-state index in [1.165, 1.54) is 16.2 Å². The summed E-state index contributed by atoms with van der Waals surface area (Å²) in [6, 6.07) is 19.5. The molecule has 176 valence electrons. The molecule has 1 atom stereocenters. The number of Topliss-reactive ketones (excluding diaryl/α,β-unsaturated/α-hetero) is 1. The second-order valence-electron chi connectivity index (χ2n) is 8.15. The van der Waals surface area contributed by atoms with Gasteiger partial charge in [0.25, 0.3) is 5.78 Å². The van der Waals surface area contributed by atoms with Crippen molar-refractivity contribution in [3.63, 3.8) is 0 Å². The minimum Gasteiger partial charge on any atom is -0.507 e. The number of halogens is 1. The third kappa shape index (κ3) is 4.32. The molecular weight excluding hydrogens is 575 g/mol. The van der Waals surface area contributed by atoms with E-state index in [1.54, 1.807) is 24.3 Å². The van der Waals surface area contributed by atoms with E-state index >= 15 is 0 Å². The highest BCUT2D eigenvalue weighted by Crippen LogP contribution is 2.44. The molecule has 1 unspecified atom stereocenters. The number of hydrogen-bond acceptors (Lipinski definition) is 6. The van der Waals surface area contributed by atoms with Crippen LogP contribution in [0.1, 0.15) is 29.7 Å². The van der Waals surface area contributed by atoms with Gasteiger partial charge >= 0.3 is 5.91 Å². The number of rotatable bonds is 5. The quantitative estimate of drug-likeness (QED) is 0.128. The number of aliphatic hydroxyl groups excluding tert-OH is 1. The smallest absolute Gasteiger partial charge is 0.301 e. The molecule has 0 aliphatic carbocycles. The van der Waals surface area contributed by atoms with Crippen LogP contribution in [0.5, 0.6) is 5.75 Å². The number of aryl methyl sites for hydroxylation is 1. The Kier molecular flexibility index (Phi) is 6.33. The summed E-state index contributed by atoms with van der Waals surface area (Å²) in [5, 5.41) is 11.7. The van der Waals surface area contributed by atoms with Crippen molar-refractivity contribution >= 4 is 66.7 Å². The molecule has 2 heterocycles. The topological polar surface area (TPSA) is 79.7 Å². The Hall–Kier alpha value is -3.24. The third-order valence-corrected chi connectivity index (χ3v) is 7.52. The Balaban J connectivity index is 1.71. The Morgan fingerprint density at radius 1 is 1.11 bits per heavy atom. The molecule has 1 aliphatic rings. The van der Waals surface area contributed by atoms with E-state index in [0.717, 1.165) is 19.4 Å². The van der Waals surface area contributed by atoms with Gasteiger partial charge in [0.15, 0.2) is 5.13 Å². The summed E-state index contributed by atoms with van der Waals surface area (Å²) in [4.78, 5) is 32.8. The fourth-order valence-electron chi connectivity index (χ4n) is 4.17. The van der Waals surface area contributed by atoms with Crippen LogP contribution in [0.3, 0.4) is 0 Å². The molecule has 35 heavy (non-hydrogen) atoms. The first-order valence-corrected chi connectivity index (χ1v) is 12.9. The molecule has 1 saturated heterocycles. The van der Waals surface area contributed by atoms with Crippen molar-refractivity contribution in [2.75, 3.05) is 11.5 Å². The molecule has 0 bridgehead atoms. The standard InChI is InChI=1S/C27H21IN2O4S/c1-3-34-19-6-4-5-17(14-19)24(31)22-23(16-8-10-18(28)11-9-16)30(26(33)25(22)32)27-29-20-12-7-15(2)13-21(20)35-27/h4-14,23,31H,3H2,1-2H3/b24-22+. The van der Waals surface area contributed by atoms with E-state index in [9.17, 15) is 14.7 Å². The molecule has 1 N–H and O–H groups in total. The van der Waals surface area contributed by atoms with Crippen LogP contribution >= 0.6 is 33.9 Å². The van der Waals surface area contributed by atoms with Gasteiger partial charge in [-0.1, -0.05) is 41.7 Å². The van der Waals surface area contributed by atoms with Crippen molar-refractivity contribution < 1.29 is 19.4 Å². The molecule has 1 aromatic heterocycles. The number of ether oxygens (including phenoxy) is 1. The largest absolute Gasteiger partial charge is 0.507 e. The molecule has 1 amide bonds. The Morgan fingerprint density at radius 2 is 1.89 bits per heavy atom. The third-order valence-electron chi connectivity index (χ3n) is 5.79. The number of amides is 1. The van der Waals surface area contributed by atoms with Crippen molar-refractivity contribution in [1.82, 2.24) is 4.98 Å². The summed E-state index contributed by atoms with van der Waals surface area (Å²) >= 11 is 3.55. The van der Waals surface area contributed by atoms with Crippen LogP contribution in [0.15, 0.2) is 72.3 Å². The summed E-state index contributed by atoms with van der Waals surface area (Å²) in [7, 11) is 0. The first-order chi connectivity index (χ1) is 16.9. The normalized spacial score (nSPS) is 17.3. The van der Waals surface area contributed by atoms with E-state index < -0.39 is 17.7 Å². The highest BCUT2D eigenvalue weighted by Gasteiger charge is 2.48. The summed E-state index contributed by atoms with van der Waals surface area (Å²) < 4.78 is 7.50. The molecule has 0 radical (unpaired) electrons. The zero-order valence-corrected chi connectivity index (χ0v) is 22.0. The van der Waals surface area contributed by atoms with Crippen molar-refractivity contribution in [3.8, 4) is 5.75 Å². The maximum Gasteiger partial charge on any atom is 0.301 e.